The van der Waals surface area contributed by atoms with E-state index in [0.29, 0.717) is 13.1 Å². The highest BCUT2D eigenvalue weighted by Gasteiger charge is 2.07. The van der Waals surface area contributed by atoms with Gasteiger partial charge >= 0.3 is 0 Å². The predicted molar refractivity (Wildman–Crippen MR) is 106 cm³/mol. The fourth-order valence-electron chi connectivity index (χ4n) is 2.63. The van der Waals surface area contributed by atoms with Crippen LogP contribution in [0, 0.1) is 0 Å². The van der Waals surface area contributed by atoms with E-state index in [0.717, 1.165) is 35.3 Å². The maximum atomic E-state index is 5.26. The van der Waals surface area contributed by atoms with E-state index < -0.39 is 0 Å². The number of guanidine groups is 1. The molecule has 2 aromatic carbocycles. The molecule has 3 rings (SSSR count). The highest BCUT2D eigenvalue weighted by Crippen LogP contribution is 2.13. The largest absolute Gasteiger partial charge is 0.497 e. The number of aliphatic imine (C=N–C) groups is 1. The molecule has 2 N–H and O–H groups in total. The van der Waals surface area contributed by atoms with Gasteiger partial charge in [0.25, 0.3) is 0 Å². The number of methoxy groups -OCH3 is 1. The van der Waals surface area contributed by atoms with E-state index in [-0.39, 0.29) is 0 Å². The summed E-state index contributed by atoms with van der Waals surface area (Å²) in [6, 6.07) is 17.9. The molecule has 27 heavy (non-hydrogen) atoms. The molecule has 7 nitrogen and oxygen atoms in total. The zero-order valence-electron chi connectivity index (χ0n) is 15.6. The topological polar surface area (TPSA) is 76.4 Å². The molecule has 140 valence electrons. The van der Waals surface area contributed by atoms with Crippen molar-refractivity contribution in [2.45, 2.75) is 20.0 Å². The van der Waals surface area contributed by atoms with Gasteiger partial charge in [0, 0.05) is 12.2 Å². The molecule has 1 aromatic heterocycles. The smallest absolute Gasteiger partial charge is 0.191 e. The van der Waals surface area contributed by atoms with E-state index in [2.05, 4.69) is 25.8 Å². The van der Waals surface area contributed by atoms with Crippen molar-refractivity contribution in [3.63, 3.8) is 0 Å². The highest BCUT2D eigenvalue weighted by atomic mass is 16.5. The normalized spacial score (nSPS) is 11.3. The molecule has 0 spiro atoms. The van der Waals surface area contributed by atoms with E-state index in [1.807, 2.05) is 66.1 Å². The van der Waals surface area contributed by atoms with E-state index in [1.165, 1.54) is 0 Å². The minimum Gasteiger partial charge on any atom is -0.497 e. The van der Waals surface area contributed by atoms with Gasteiger partial charge in [0.1, 0.15) is 12.1 Å². The van der Waals surface area contributed by atoms with Gasteiger partial charge in [-0.25, -0.2) is 4.99 Å². The zero-order valence-corrected chi connectivity index (χ0v) is 15.6. The van der Waals surface area contributed by atoms with Gasteiger partial charge in [-0.2, -0.15) is 0 Å². The van der Waals surface area contributed by atoms with Crippen LogP contribution >= 0.6 is 0 Å². The number of hydrogen-bond acceptors (Lipinski definition) is 4. The number of ether oxygens (including phenoxy) is 1. The van der Waals surface area contributed by atoms with Gasteiger partial charge in [-0.3, -0.25) is 4.57 Å². The van der Waals surface area contributed by atoms with Gasteiger partial charge in [-0.05, 0) is 36.8 Å². The summed E-state index contributed by atoms with van der Waals surface area (Å²) < 4.78 is 7.22. The molecule has 0 aliphatic heterocycles. The van der Waals surface area contributed by atoms with Gasteiger partial charge in [0.05, 0.1) is 20.2 Å². The summed E-state index contributed by atoms with van der Waals surface area (Å²) in [5.41, 5.74) is 2.11. The molecule has 0 saturated carbocycles. The first-order chi connectivity index (χ1) is 13.3. The molecule has 3 aromatic rings. The second-order valence-corrected chi connectivity index (χ2v) is 5.85. The second-order valence-electron chi connectivity index (χ2n) is 5.85. The number of rotatable bonds is 7. The van der Waals surface area contributed by atoms with Crippen LogP contribution in [0.15, 0.2) is 65.9 Å². The van der Waals surface area contributed by atoms with Crippen LogP contribution in [0.25, 0.3) is 5.69 Å². The Morgan fingerprint density at radius 2 is 1.96 bits per heavy atom. The Morgan fingerprint density at radius 1 is 1.11 bits per heavy atom. The van der Waals surface area contributed by atoms with Crippen molar-refractivity contribution in [3.8, 4) is 11.4 Å². The first-order valence-electron chi connectivity index (χ1n) is 8.89. The number of hydrogen-bond donors (Lipinski definition) is 2. The van der Waals surface area contributed by atoms with Crippen LogP contribution in [-0.4, -0.2) is 34.4 Å². The van der Waals surface area contributed by atoms with E-state index in [9.17, 15) is 0 Å². The third-order valence-corrected chi connectivity index (χ3v) is 3.96. The van der Waals surface area contributed by atoms with Crippen molar-refractivity contribution in [3.05, 3.63) is 72.3 Å². The monoisotopic (exact) mass is 364 g/mol. The van der Waals surface area contributed by atoms with Gasteiger partial charge in [0.15, 0.2) is 11.8 Å². The fraction of sp³-hybridized carbons (Fsp3) is 0.250. The van der Waals surface area contributed by atoms with Gasteiger partial charge in [-0.1, -0.05) is 30.3 Å². The molecule has 7 heteroatoms. The quantitative estimate of drug-likeness (QED) is 0.498. The van der Waals surface area contributed by atoms with E-state index >= 15 is 0 Å². The summed E-state index contributed by atoms with van der Waals surface area (Å²) in [7, 11) is 1.66. The summed E-state index contributed by atoms with van der Waals surface area (Å²) in [6.07, 6.45) is 1.71. The van der Waals surface area contributed by atoms with Crippen LogP contribution in [0.3, 0.4) is 0 Å². The first kappa shape index (κ1) is 18.4. The van der Waals surface area contributed by atoms with Crippen molar-refractivity contribution in [1.29, 1.82) is 0 Å². The zero-order chi connectivity index (χ0) is 18.9. The summed E-state index contributed by atoms with van der Waals surface area (Å²) in [5, 5.41) is 14.8. The molecule has 1 heterocycles. The third kappa shape index (κ3) is 5.07. The Hall–Kier alpha value is -3.35. The number of nitrogens with one attached hydrogen (secondary N) is 2. The molecule has 0 aliphatic carbocycles. The summed E-state index contributed by atoms with van der Waals surface area (Å²) in [4.78, 5) is 4.64. The Labute approximate surface area is 159 Å². The number of nitrogens with zero attached hydrogens (tertiary/aromatic N) is 4. The summed E-state index contributed by atoms with van der Waals surface area (Å²) >= 11 is 0. The fourth-order valence-corrected chi connectivity index (χ4v) is 2.63. The minimum absolute atomic E-state index is 0.513. The molecule has 0 saturated heterocycles. The Morgan fingerprint density at radius 3 is 2.74 bits per heavy atom. The second kappa shape index (κ2) is 9.38. The average molecular weight is 364 g/mol. The maximum absolute atomic E-state index is 5.26. The summed E-state index contributed by atoms with van der Waals surface area (Å²) in [6.45, 7) is 3.88. The highest BCUT2D eigenvalue weighted by molar-refractivity contribution is 5.79. The van der Waals surface area contributed by atoms with E-state index in [4.69, 9.17) is 4.74 Å². The number of para-hydroxylation sites is 1. The molecular weight excluding hydrogens is 340 g/mol. The average Bonchev–Trinajstić information content (AvgIpc) is 3.19. The van der Waals surface area contributed by atoms with Crippen LogP contribution in [0.2, 0.25) is 0 Å². The predicted octanol–water partition coefficient (Wildman–Crippen LogP) is 2.53. The van der Waals surface area contributed by atoms with Crippen LogP contribution in [0.1, 0.15) is 18.3 Å². The minimum atomic E-state index is 0.513. The van der Waals surface area contributed by atoms with Crippen LogP contribution in [0.5, 0.6) is 5.75 Å². The SMILES string of the molecule is CCNC(=NCc1cccc(OC)c1)NCc1nncn1-c1ccccc1. The third-order valence-electron chi connectivity index (χ3n) is 3.96. The van der Waals surface area contributed by atoms with Crippen LogP contribution in [0.4, 0.5) is 0 Å². The molecule has 0 bridgehead atoms. The van der Waals surface area contributed by atoms with Crippen LogP contribution < -0.4 is 15.4 Å². The number of benzene rings is 2. The summed E-state index contributed by atoms with van der Waals surface area (Å²) in [5.74, 6) is 2.37. The van der Waals surface area contributed by atoms with Crippen molar-refractivity contribution >= 4 is 5.96 Å². The molecule has 0 radical (unpaired) electrons. The Kier molecular flexibility index (Phi) is 6.40. The Balaban J connectivity index is 1.68. The van der Waals surface area contributed by atoms with E-state index in [1.54, 1.807) is 13.4 Å². The van der Waals surface area contributed by atoms with Crippen LogP contribution in [-0.2, 0) is 13.1 Å². The van der Waals surface area contributed by atoms with Crippen molar-refractivity contribution < 1.29 is 4.74 Å². The standard InChI is InChI=1S/C20H24N6O/c1-3-21-20(22-13-16-8-7-11-18(12-16)27-2)23-14-19-25-24-15-26(19)17-9-5-4-6-10-17/h4-12,15H,3,13-14H2,1-2H3,(H2,21,22,23). The van der Waals surface area contributed by atoms with Crippen molar-refractivity contribution in [2.24, 2.45) is 4.99 Å². The van der Waals surface area contributed by atoms with Crippen molar-refractivity contribution in [1.82, 2.24) is 25.4 Å². The maximum Gasteiger partial charge on any atom is 0.191 e. The molecule has 0 amide bonds. The lowest BCUT2D eigenvalue weighted by Crippen LogP contribution is -2.37. The van der Waals surface area contributed by atoms with Crippen molar-refractivity contribution in [2.75, 3.05) is 13.7 Å². The van der Waals surface area contributed by atoms with Gasteiger partial charge < -0.3 is 15.4 Å². The van der Waals surface area contributed by atoms with Gasteiger partial charge in [-0.15, -0.1) is 10.2 Å². The molecular formula is C20H24N6O. The molecule has 0 fully saturated rings. The lowest BCUT2D eigenvalue weighted by atomic mass is 10.2. The lowest BCUT2D eigenvalue weighted by Gasteiger charge is -2.12. The molecule has 0 atom stereocenters. The molecule has 0 aliphatic rings. The molecule has 0 unspecified atom stereocenters. The first-order valence-corrected chi connectivity index (χ1v) is 8.89. The number of aromatic nitrogens is 3. The van der Waals surface area contributed by atoms with Gasteiger partial charge in [0.2, 0.25) is 0 Å². The lowest BCUT2D eigenvalue weighted by molar-refractivity contribution is 0.414. The Bertz CT molecular complexity index is 875.